The Hall–Kier alpha value is -3.46. The zero-order chi connectivity index (χ0) is 23.0. The second-order valence-corrected chi connectivity index (χ2v) is 6.45. The van der Waals surface area contributed by atoms with Gasteiger partial charge in [-0.2, -0.15) is 8.78 Å². The highest BCUT2D eigenvalue weighted by atomic mass is 35.5. The van der Waals surface area contributed by atoms with Crippen molar-refractivity contribution in [1.82, 2.24) is 0 Å². The van der Waals surface area contributed by atoms with Crippen molar-refractivity contribution in [2.45, 2.75) is 19.6 Å². The number of amides is 1. The van der Waals surface area contributed by atoms with E-state index in [-0.39, 0.29) is 16.5 Å². The summed E-state index contributed by atoms with van der Waals surface area (Å²) >= 11 is 5.83. The topological polar surface area (TPSA) is 90.9 Å². The Kier molecular flexibility index (Phi) is 8.51. The van der Waals surface area contributed by atoms with Crippen molar-refractivity contribution < 1.29 is 37.4 Å². The third-order valence-electron chi connectivity index (χ3n) is 3.82. The average Bonchev–Trinajstić information content (AvgIpc) is 2.73. The van der Waals surface area contributed by atoms with Crippen molar-refractivity contribution in [2.24, 2.45) is 0 Å². The van der Waals surface area contributed by atoms with Crippen LogP contribution in [0.15, 0.2) is 48.5 Å². The van der Waals surface area contributed by atoms with E-state index >= 15 is 0 Å². The maximum absolute atomic E-state index is 12.3. The van der Waals surface area contributed by atoms with E-state index in [0.717, 1.165) is 6.08 Å². The molecule has 1 amide bonds. The van der Waals surface area contributed by atoms with E-state index < -0.39 is 30.6 Å². The van der Waals surface area contributed by atoms with Gasteiger partial charge in [0.1, 0.15) is 5.75 Å². The molecule has 0 aliphatic heterocycles. The molecule has 0 bridgehead atoms. The van der Waals surface area contributed by atoms with Crippen molar-refractivity contribution in [1.29, 1.82) is 0 Å². The fourth-order valence-electron chi connectivity index (χ4n) is 2.29. The van der Waals surface area contributed by atoms with Gasteiger partial charge in [0, 0.05) is 11.8 Å². The number of carbonyl (C=O) groups is 3. The van der Waals surface area contributed by atoms with Gasteiger partial charge in [-0.1, -0.05) is 23.7 Å². The van der Waals surface area contributed by atoms with E-state index in [1.54, 1.807) is 12.1 Å². The fraction of sp³-hybridized carbons (Fsp3) is 0.190. The highest BCUT2D eigenvalue weighted by molar-refractivity contribution is 6.32. The lowest BCUT2D eigenvalue weighted by Crippen LogP contribution is -2.29. The minimum atomic E-state index is -3.03. The van der Waals surface area contributed by atoms with Crippen LogP contribution in [-0.4, -0.2) is 37.7 Å². The van der Waals surface area contributed by atoms with Gasteiger partial charge in [0.05, 0.1) is 17.7 Å². The Morgan fingerprint density at radius 1 is 1.10 bits per heavy atom. The molecule has 2 aromatic carbocycles. The normalized spacial score (nSPS) is 11.8. The van der Waals surface area contributed by atoms with Crippen LogP contribution in [0.2, 0.25) is 5.02 Å². The predicted molar refractivity (Wildman–Crippen MR) is 109 cm³/mol. The monoisotopic (exact) mass is 453 g/mol. The molecule has 0 aromatic heterocycles. The van der Waals surface area contributed by atoms with Crippen molar-refractivity contribution in [3.05, 3.63) is 64.7 Å². The molecule has 164 valence electrons. The van der Waals surface area contributed by atoms with Crippen LogP contribution in [0.1, 0.15) is 22.8 Å². The number of hydrogen-bond donors (Lipinski definition) is 1. The molecule has 1 unspecified atom stereocenters. The van der Waals surface area contributed by atoms with E-state index in [0.29, 0.717) is 11.1 Å². The number of alkyl halides is 2. The Morgan fingerprint density at radius 3 is 2.35 bits per heavy atom. The number of carbonyl (C=O) groups excluding carboxylic acids is 3. The second-order valence-electron chi connectivity index (χ2n) is 6.04. The Labute approximate surface area is 181 Å². The number of esters is 2. The van der Waals surface area contributed by atoms with Crippen LogP contribution in [0.4, 0.5) is 14.5 Å². The summed E-state index contributed by atoms with van der Waals surface area (Å²) in [4.78, 5) is 35.5. The summed E-state index contributed by atoms with van der Waals surface area (Å²) in [7, 11) is 1.27. The molecule has 0 radical (unpaired) electrons. The lowest BCUT2D eigenvalue weighted by Gasteiger charge is -2.13. The first-order chi connectivity index (χ1) is 14.7. The van der Waals surface area contributed by atoms with Gasteiger partial charge in [0.25, 0.3) is 5.91 Å². The van der Waals surface area contributed by atoms with E-state index in [1.807, 2.05) is 0 Å². The van der Waals surface area contributed by atoms with Gasteiger partial charge >= 0.3 is 18.6 Å². The molecule has 1 N–H and O–H groups in total. The molecule has 0 spiro atoms. The van der Waals surface area contributed by atoms with Crippen LogP contribution in [0.3, 0.4) is 0 Å². The first-order valence-corrected chi connectivity index (χ1v) is 9.19. The molecule has 0 aliphatic rings. The molecular formula is C21H18ClF2NO6. The number of nitrogens with one attached hydrogen (secondary N) is 1. The SMILES string of the molecule is COC(=O)c1ccc(/C=C/C(=O)OC(C)C(=O)Nc2ccc(OC(F)F)c(Cl)c2)cc1. The van der Waals surface area contributed by atoms with Crippen LogP contribution in [0, 0.1) is 0 Å². The van der Waals surface area contributed by atoms with Crippen LogP contribution in [0.5, 0.6) is 5.75 Å². The van der Waals surface area contributed by atoms with Gasteiger partial charge in [0.2, 0.25) is 0 Å². The van der Waals surface area contributed by atoms with E-state index in [4.69, 9.17) is 16.3 Å². The van der Waals surface area contributed by atoms with Crippen molar-refractivity contribution in [3.63, 3.8) is 0 Å². The van der Waals surface area contributed by atoms with Crippen LogP contribution in [0.25, 0.3) is 6.08 Å². The maximum atomic E-state index is 12.3. The minimum Gasteiger partial charge on any atom is -0.465 e. The number of ether oxygens (including phenoxy) is 3. The average molecular weight is 454 g/mol. The molecule has 31 heavy (non-hydrogen) atoms. The van der Waals surface area contributed by atoms with Gasteiger partial charge in [-0.15, -0.1) is 0 Å². The summed E-state index contributed by atoms with van der Waals surface area (Å²) in [5.74, 6) is -2.13. The van der Waals surface area contributed by atoms with Gasteiger partial charge < -0.3 is 19.5 Å². The highest BCUT2D eigenvalue weighted by Gasteiger charge is 2.18. The standard InChI is InChI=1S/C21H18ClF2NO6/c1-12(19(27)25-15-8-9-17(16(22)11-15)31-21(23)24)30-18(26)10-5-13-3-6-14(7-4-13)20(28)29-2/h3-12,21H,1-2H3,(H,25,27)/b10-5+. The molecule has 2 aromatic rings. The largest absolute Gasteiger partial charge is 0.465 e. The molecule has 7 nitrogen and oxygen atoms in total. The third kappa shape index (κ3) is 7.38. The quantitative estimate of drug-likeness (QED) is 0.473. The Balaban J connectivity index is 1.90. The zero-order valence-electron chi connectivity index (χ0n) is 16.4. The highest BCUT2D eigenvalue weighted by Crippen LogP contribution is 2.29. The van der Waals surface area contributed by atoms with Gasteiger partial charge in [-0.3, -0.25) is 4.79 Å². The van der Waals surface area contributed by atoms with Gasteiger partial charge in [-0.25, -0.2) is 9.59 Å². The maximum Gasteiger partial charge on any atom is 0.387 e. The molecule has 0 fully saturated rings. The van der Waals surface area contributed by atoms with E-state index in [2.05, 4.69) is 14.8 Å². The molecule has 10 heteroatoms. The van der Waals surface area contributed by atoms with Crippen molar-refractivity contribution in [3.8, 4) is 5.75 Å². The number of anilines is 1. The number of hydrogen-bond acceptors (Lipinski definition) is 6. The third-order valence-corrected chi connectivity index (χ3v) is 4.12. The number of halogens is 3. The van der Waals surface area contributed by atoms with Gasteiger partial charge in [-0.05, 0) is 48.9 Å². The van der Waals surface area contributed by atoms with E-state index in [9.17, 15) is 23.2 Å². The Morgan fingerprint density at radius 2 is 1.77 bits per heavy atom. The summed E-state index contributed by atoms with van der Waals surface area (Å²) in [5.41, 5.74) is 1.20. The molecule has 0 aliphatic carbocycles. The molecule has 0 saturated carbocycles. The fourth-order valence-corrected chi connectivity index (χ4v) is 2.52. The van der Waals surface area contributed by atoms with Crippen molar-refractivity contribution >= 4 is 41.2 Å². The number of benzene rings is 2. The number of rotatable bonds is 8. The smallest absolute Gasteiger partial charge is 0.387 e. The molecule has 2 rings (SSSR count). The molecule has 0 saturated heterocycles. The molecule has 1 atom stereocenters. The van der Waals surface area contributed by atoms with Crippen LogP contribution < -0.4 is 10.1 Å². The van der Waals surface area contributed by atoms with E-state index in [1.165, 1.54) is 50.4 Å². The molecule has 0 heterocycles. The predicted octanol–water partition coefficient (Wildman–Crippen LogP) is 4.31. The van der Waals surface area contributed by atoms with Crippen LogP contribution in [-0.2, 0) is 19.1 Å². The van der Waals surface area contributed by atoms with Crippen LogP contribution >= 0.6 is 11.6 Å². The first-order valence-electron chi connectivity index (χ1n) is 8.82. The zero-order valence-corrected chi connectivity index (χ0v) is 17.2. The molecular weight excluding hydrogens is 436 g/mol. The Bertz CT molecular complexity index is 978. The number of methoxy groups -OCH3 is 1. The van der Waals surface area contributed by atoms with Gasteiger partial charge in [0.15, 0.2) is 6.10 Å². The van der Waals surface area contributed by atoms with Crippen molar-refractivity contribution in [2.75, 3.05) is 12.4 Å². The minimum absolute atomic E-state index is 0.121. The summed E-state index contributed by atoms with van der Waals surface area (Å²) < 4.78 is 38.3. The lowest BCUT2D eigenvalue weighted by molar-refractivity contribution is -0.148. The summed E-state index contributed by atoms with van der Waals surface area (Å²) in [6.07, 6.45) is 1.44. The lowest BCUT2D eigenvalue weighted by atomic mass is 10.1. The summed E-state index contributed by atoms with van der Waals surface area (Å²) in [6, 6.07) is 10.0. The summed E-state index contributed by atoms with van der Waals surface area (Å²) in [5, 5.41) is 2.33. The first kappa shape index (κ1) is 23.8. The second kappa shape index (κ2) is 11.1. The summed E-state index contributed by atoms with van der Waals surface area (Å²) in [6.45, 7) is -1.67.